The topological polar surface area (TPSA) is 76.7 Å². The molecule has 2 aromatic rings. The molecule has 0 heterocycles. The first-order valence-corrected chi connectivity index (χ1v) is 9.57. The fourth-order valence-electron chi connectivity index (χ4n) is 2.39. The highest BCUT2D eigenvalue weighted by Gasteiger charge is 2.16. The van der Waals surface area contributed by atoms with E-state index in [1.165, 1.54) is 0 Å². The standard InChI is InChI=1S/C21H25ClN2O4/c1-3-27-13-7-12-23-21(26)16-8-6-9-17(14-16)24-20(25)15(2)28-19-11-5-4-10-18(19)22/h4-6,8-11,14-15H,3,7,12-13H2,1-2H3,(H,23,26)(H,24,25). The Balaban J connectivity index is 1.89. The van der Waals surface area contributed by atoms with Crippen LogP contribution in [0.2, 0.25) is 5.02 Å². The number of carbonyl (C=O) groups excluding carboxylic acids is 2. The summed E-state index contributed by atoms with van der Waals surface area (Å²) in [5, 5.41) is 6.02. The van der Waals surface area contributed by atoms with Crippen LogP contribution in [0.3, 0.4) is 0 Å². The smallest absolute Gasteiger partial charge is 0.265 e. The van der Waals surface area contributed by atoms with E-state index in [4.69, 9.17) is 21.1 Å². The second-order valence-corrected chi connectivity index (χ2v) is 6.47. The molecule has 0 aliphatic rings. The molecule has 28 heavy (non-hydrogen) atoms. The lowest BCUT2D eigenvalue weighted by Crippen LogP contribution is -2.30. The minimum absolute atomic E-state index is 0.201. The summed E-state index contributed by atoms with van der Waals surface area (Å²) in [7, 11) is 0. The summed E-state index contributed by atoms with van der Waals surface area (Å²) < 4.78 is 10.8. The van der Waals surface area contributed by atoms with Crippen LogP contribution in [-0.4, -0.2) is 37.7 Å². The van der Waals surface area contributed by atoms with Crippen LogP contribution in [0.15, 0.2) is 48.5 Å². The molecule has 0 spiro atoms. The van der Waals surface area contributed by atoms with Crippen LogP contribution in [-0.2, 0) is 9.53 Å². The Hall–Kier alpha value is -2.57. The van der Waals surface area contributed by atoms with Crippen molar-refractivity contribution in [3.8, 4) is 5.75 Å². The molecule has 0 bridgehead atoms. The Labute approximate surface area is 170 Å². The quantitative estimate of drug-likeness (QED) is 0.589. The van der Waals surface area contributed by atoms with Gasteiger partial charge in [-0.1, -0.05) is 29.8 Å². The highest BCUT2D eigenvalue weighted by molar-refractivity contribution is 6.32. The van der Waals surface area contributed by atoms with Gasteiger partial charge in [-0.25, -0.2) is 0 Å². The molecule has 2 aromatic carbocycles. The van der Waals surface area contributed by atoms with Crippen LogP contribution >= 0.6 is 11.6 Å². The summed E-state index contributed by atoms with van der Waals surface area (Å²) in [6, 6.07) is 13.7. The van der Waals surface area contributed by atoms with E-state index in [0.717, 1.165) is 6.42 Å². The van der Waals surface area contributed by atoms with Crippen molar-refractivity contribution in [3.63, 3.8) is 0 Å². The summed E-state index contributed by atoms with van der Waals surface area (Å²) in [6.45, 7) is 5.36. The van der Waals surface area contributed by atoms with E-state index in [9.17, 15) is 9.59 Å². The van der Waals surface area contributed by atoms with Gasteiger partial charge in [-0.2, -0.15) is 0 Å². The number of amides is 2. The third-order valence-corrected chi connectivity index (χ3v) is 4.17. The molecule has 0 radical (unpaired) electrons. The molecule has 2 rings (SSSR count). The van der Waals surface area contributed by atoms with E-state index in [0.29, 0.717) is 41.8 Å². The Bertz CT molecular complexity index is 797. The summed E-state index contributed by atoms with van der Waals surface area (Å²) in [4.78, 5) is 24.6. The Morgan fingerprint density at radius 3 is 2.68 bits per heavy atom. The minimum Gasteiger partial charge on any atom is -0.479 e. The highest BCUT2D eigenvalue weighted by Crippen LogP contribution is 2.24. The molecular weight excluding hydrogens is 380 g/mol. The maximum absolute atomic E-state index is 12.4. The number of hydrogen-bond donors (Lipinski definition) is 2. The molecular formula is C21H25ClN2O4. The molecule has 6 nitrogen and oxygen atoms in total. The average Bonchev–Trinajstić information content (AvgIpc) is 2.69. The molecule has 7 heteroatoms. The first kappa shape index (κ1) is 21.7. The Kier molecular flexibility index (Phi) is 8.78. The van der Waals surface area contributed by atoms with E-state index in [1.807, 2.05) is 6.92 Å². The third-order valence-electron chi connectivity index (χ3n) is 3.86. The van der Waals surface area contributed by atoms with Gasteiger partial charge in [0.2, 0.25) is 0 Å². The molecule has 0 fully saturated rings. The lowest BCUT2D eigenvalue weighted by molar-refractivity contribution is -0.122. The normalized spacial score (nSPS) is 11.5. The number of para-hydroxylation sites is 1. The molecule has 1 atom stereocenters. The Morgan fingerprint density at radius 2 is 1.93 bits per heavy atom. The van der Waals surface area contributed by atoms with Gasteiger partial charge < -0.3 is 20.1 Å². The number of rotatable bonds is 10. The summed E-state index contributed by atoms with van der Waals surface area (Å²) in [5.41, 5.74) is 0.982. The van der Waals surface area contributed by atoms with Crippen LogP contribution in [0.5, 0.6) is 5.75 Å². The number of anilines is 1. The number of ether oxygens (including phenoxy) is 2. The molecule has 0 saturated carbocycles. The van der Waals surface area contributed by atoms with E-state index in [-0.39, 0.29) is 11.8 Å². The molecule has 2 N–H and O–H groups in total. The van der Waals surface area contributed by atoms with Gasteiger partial charge in [-0.05, 0) is 50.6 Å². The maximum atomic E-state index is 12.4. The van der Waals surface area contributed by atoms with E-state index < -0.39 is 6.10 Å². The van der Waals surface area contributed by atoms with Gasteiger partial charge in [0.1, 0.15) is 5.75 Å². The second kappa shape index (κ2) is 11.3. The van der Waals surface area contributed by atoms with Gasteiger partial charge in [-0.15, -0.1) is 0 Å². The van der Waals surface area contributed by atoms with Gasteiger partial charge in [0.15, 0.2) is 6.10 Å². The zero-order valence-electron chi connectivity index (χ0n) is 16.0. The van der Waals surface area contributed by atoms with Crippen molar-refractivity contribution in [3.05, 3.63) is 59.1 Å². The molecule has 0 aliphatic heterocycles. The van der Waals surface area contributed by atoms with Crippen LogP contribution in [0.25, 0.3) is 0 Å². The summed E-state index contributed by atoms with van der Waals surface area (Å²) in [6.07, 6.45) is -0.0108. The number of nitrogens with one attached hydrogen (secondary N) is 2. The monoisotopic (exact) mass is 404 g/mol. The molecule has 2 amide bonds. The first-order chi connectivity index (χ1) is 13.5. The van der Waals surface area contributed by atoms with Gasteiger partial charge >= 0.3 is 0 Å². The van der Waals surface area contributed by atoms with Crippen molar-refractivity contribution in [1.82, 2.24) is 5.32 Å². The minimum atomic E-state index is -0.754. The number of hydrogen-bond acceptors (Lipinski definition) is 4. The molecule has 0 saturated heterocycles. The average molecular weight is 405 g/mol. The van der Waals surface area contributed by atoms with Crippen molar-refractivity contribution >= 4 is 29.1 Å². The zero-order chi connectivity index (χ0) is 20.4. The molecule has 1 unspecified atom stereocenters. The number of benzene rings is 2. The molecule has 150 valence electrons. The maximum Gasteiger partial charge on any atom is 0.265 e. The van der Waals surface area contributed by atoms with Crippen molar-refractivity contribution in [2.45, 2.75) is 26.4 Å². The van der Waals surface area contributed by atoms with Crippen LogP contribution in [0, 0.1) is 0 Å². The first-order valence-electron chi connectivity index (χ1n) is 9.19. The van der Waals surface area contributed by atoms with E-state index >= 15 is 0 Å². The van der Waals surface area contributed by atoms with Crippen LogP contribution < -0.4 is 15.4 Å². The lowest BCUT2D eigenvalue weighted by Gasteiger charge is -2.16. The highest BCUT2D eigenvalue weighted by atomic mass is 35.5. The predicted molar refractivity (Wildman–Crippen MR) is 110 cm³/mol. The van der Waals surface area contributed by atoms with Crippen molar-refractivity contribution in [2.24, 2.45) is 0 Å². The fraction of sp³-hybridized carbons (Fsp3) is 0.333. The molecule has 0 aliphatic carbocycles. The Morgan fingerprint density at radius 1 is 1.14 bits per heavy atom. The largest absolute Gasteiger partial charge is 0.479 e. The van der Waals surface area contributed by atoms with Crippen molar-refractivity contribution in [2.75, 3.05) is 25.1 Å². The van der Waals surface area contributed by atoms with Gasteiger partial charge in [0, 0.05) is 31.0 Å². The van der Waals surface area contributed by atoms with Gasteiger partial charge in [0.25, 0.3) is 11.8 Å². The fourth-order valence-corrected chi connectivity index (χ4v) is 2.57. The van der Waals surface area contributed by atoms with Crippen molar-refractivity contribution < 1.29 is 19.1 Å². The van der Waals surface area contributed by atoms with E-state index in [2.05, 4.69) is 10.6 Å². The van der Waals surface area contributed by atoms with Crippen LogP contribution in [0.4, 0.5) is 5.69 Å². The van der Waals surface area contributed by atoms with Gasteiger partial charge in [0.05, 0.1) is 5.02 Å². The lowest BCUT2D eigenvalue weighted by atomic mass is 10.2. The third kappa shape index (κ3) is 6.87. The SMILES string of the molecule is CCOCCCNC(=O)c1cccc(NC(=O)C(C)Oc2ccccc2Cl)c1. The summed E-state index contributed by atoms with van der Waals surface area (Å²) >= 11 is 6.05. The van der Waals surface area contributed by atoms with Crippen molar-refractivity contribution in [1.29, 1.82) is 0 Å². The summed E-state index contributed by atoms with van der Waals surface area (Å²) in [5.74, 6) is -0.103. The van der Waals surface area contributed by atoms with Gasteiger partial charge in [-0.3, -0.25) is 9.59 Å². The zero-order valence-corrected chi connectivity index (χ0v) is 16.8. The molecule has 0 aromatic heterocycles. The predicted octanol–water partition coefficient (Wildman–Crippen LogP) is 3.90. The number of halogens is 1. The van der Waals surface area contributed by atoms with E-state index in [1.54, 1.807) is 55.5 Å². The number of carbonyl (C=O) groups is 2. The van der Waals surface area contributed by atoms with Crippen LogP contribution in [0.1, 0.15) is 30.6 Å². The second-order valence-electron chi connectivity index (χ2n) is 6.07.